The van der Waals surface area contributed by atoms with Gasteiger partial charge in [0.15, 0.2) is 11.6 Å². The Morgan fingerprint density at radius 2 is 1.95 bits per heavy atom. The van der Waals surface area contributed by atoms with Crippen molar-refractivity contribution in [3.63, 3.8) is 0 Å². The molecule has 0 unspecified atom stereocenters. The molecule has 0 heterocycles. The van der Waals surface area contributed by atoms with Crippen LogP contribution in [-0.2, 0) is 5.41 Å². The zero-order valence-electron chi connectivity index (χ0n) is 11.5. The molecule has 0 spiro atoms. The van der Waals surface area contributed by atoms with Crippen molar-refractivity contribution in [3.05, 3.63) is 35.4 Å². The molecule has 0 atom stereocenters. The van der Waals surface area contributed by atoms with Crippen molar-refractivity contribution in [1.82, 2.24) is 5.32 Å². The minimum atomic E-state index is -0.795. The van der Waals surface area contributed by atoms with E-state index in [1.165, 1.54) is 12.1 Å². The Labute approximate surface area is 113 Å². The van der Waals surface area contributed by atoms with E-state index in [4.69, 9.17) is 5.73 Å². The van der Waals surface area contributed by atoms with Gasteiger partial charge in [0.2, 0.25) is 0 Å². The predicted molar refractivity (Wildman–Crippen MR) is 73.0 cm³/mol. The summed E-state index contributed by atoms with van der Waals surface area (Å²) < 4.78 is 26.2. The van der Waals surface area contributed by atoms with E-state index in [1.807, 2.05) is 13.8 Å². The van der Waals surface area contributed by atoms with Crippen LogP contribution in [0.4, 0.5) is 8.78 Å². The maximum absolute atomic E-state index is 13.3. The van der Waals surface area contributed by atoms with Crippen LogP contribution >= 0.6 is 0 Å². The van der Waals surface area contributed by atoms with Gasteiger partial charge < -0.3 is 11.1 Å². The van der Waals surface area contributed by atoms with Gasteiger partial charge in [0, 0.05) is 18.0 Å². The Morgan fingerprint density at radius 3 is 2.53 bits per heavy atom. The van der Waals surface area contributed by atoms with Gasteiger partial charge in [-0.25, -0.2) is 8.78 Å². The van der Waals surface area contributed by atoms with E-state index < -0.39 is 11.6 Å². The summed E-state index contributed by atoms with van der Waals surface area (Å²) in [5.41, 5.74) is 6.33. The number of halogens is 2. The summed E-state index contributed by atoms with van der Waals surface area (Å²) in [7, 11) is 0. The van der Waals surface area contributed by atoms with E-state index in [0.29, 0.717) is 12.0 Å². The summed E-state index contributed by atoms with van der Waals surface area (Å²) in [6, 6.07) is 4.50. The van der Waals surface area contributed by atoms with Crippen molar-refractivity contribution in [1.29, 1.82) is 0 Å². The molecule has 1 aromatic rings. The third kappa shape index (κ3) is 3.51. The second-order valence-electron chi connectivity index (χ2n) is 6.24. The van der Waals surface area contributed by atoms with Crippen LogP contribution in [-0.4, -0.2) is 19.1 Å². The minimum absolute atomic E-state index is 0.222. The van der Waals surface area contributed by atoms with E-state index in [0.717, 1.165) is 31.5 Å². The van der Waals surface area contributed by atoms with Crippen LogP contribution in [0.2, 0.25) is 0 Å². The molecule has 1 saturated carbocycles. The number of hydrogen-bond acceptors (Lipinski definition) is 2. The summed E-state index contributed by atoms with van der Waals surface area (Å²) in [5, 5.41) is 3.41. The molecule has 3 N–H and O–H groups in total. The summed E-state index contributed by atoms with van der Waals surface area (Å²) in [4.78, 5) is 0. The van der Waals surface area contributed by atoms with Crippen molar-refractivity contribution in [2.24, 2.45) is 11.7 Å². The Morgan fingerprint density at radius 1 is 1.26 bits per heavy atom. The van der Waals surface area contributed by atoms with Gasteiger partial charge in [-0.3, -0.25) is 0 Å². The second-order valence-corrected chi connectivity index (χ2v) is 6.24. The summed E-state index contributed by atoms with van der Waals surface area (Å²) in [6.45, 7) is 5.74. The molecule has 0 radical (unpaired) electrons. The SMILES string of the molecule is CC(C)(CNCC1CC(N)C1)c1ccc(F)c(F)c1. The Balaban J connectivity index is 1.88. The number of nitrogens with one attached hydrogen (secondary N) is 1. The third-order valence-electron chi connectivity index (χ3n) is 3.97. The lowest BCUT2D eigenvalue weighted by Crippen LogP contribution is -2.43. The number of hydrogen-bond donors (Lipinski definition) is 2. The molecule has 1 aromatic carbocycles. The lowest BCUT2D eigenvalue weighted by atomic mass is 9.80. The predicted octanol–water partition coefficient (Wildman–Crippen LogP) is 2.57. The number of nitrogens with two attached hydrogens (primary N) is 1. The van der Waals surface area contributed by atoms with Crippen LogP contribution in [0.5, 0.6) is 0 Å². The van der Waals surface area contributed by atoms with E-state index in [2.05, 4.69) is 5.32 Å². The van der Waals surface area contributed by atoms with E-state index >= 15 is 0 Å². The van der Waals surface area contributed by atoms with Gasteiger partial charge in [0.05, 0.1) is 0 Å². The van der Waals surface area contributed by atoms with Gasteiger partial charge in [-0.2, -0.15) is 0 Å². The van der Waals surface area contributed by atoms with E-state index in [1.54, 1.807) is 6.07 Å². The first kappa shape index (κ1) is 14.4. The third-order valence-corrected chi connectivity index (χ3v) is 3.97. The highest BCUT2D eigenvalue weighted by molar-refractivity contribution is 5.25. The smallest absolute Gasteiger partial charge is 0.159 e. The van der Waals surface area contributed by atoms with Crippen LogP contribution in [0.1, 0.15) is 32.3 Å². The van der Waals surface area contributed by atoms with Gasteiger partial charge in [-0.15, -0.1) is 0 Å². The molecule has 0 saturated heterocycles. The van der Waals surface area contributed by atoms with E-state index in [-0.39, 0.29) is 5.41 Å². The molecule has 1 fully saturated rings. The molecule has 0 bridgehead atoms. The normalized spacial score (nSPS) is 23.2. The molecule has 1 aliphatic carbocycles. The monoisotopic (exact) mass is 268 g/mol. The number of benzene rings is 1. The molecule has 2 nitrogen and oxygen atoms in total. The zero-order valence-corrected chi connectivity index (χ0v) is 11.5. The van der Waals surface area contributed by atoms with Crippen molar-refractivity contribution >= 4 is 0 Å². The first-order chi connectivity index (χ1) is 8.88. The quantitative estimate of drug-likeness (QED) is 0.861. The minimum Gasteiger partial charge on any atom is -0.328 e. The molecule has 106 valence electrons. The Bertz CT molecular complexity index is 440. The fourth-order valence-electron chi connectivity index (χ4n) is 2.56. The van der Waals surface area contributed by atoms with Gasteiger partial charge in [-0.05, 0) is 43.0 Å². The van der Waals surface area contributed by atoms with Gasteiger partial charge in [0.25, 0.3) is 0 Å². The zero-order chi connectivity index (χ0) is 14.0. The molecule has 1 aliphatic rings. The van der Waals surface area contributed by atoms with Gasteiger partial charge >= 0.3 is 0 Å². The van der Waals surface area contributed by atoms with Crippen molar-refractivity contribution in [2.45, 2.75) is 38.1 Å². The molecular weight excluding hydrogens is 246 g/mol. The molecule has 0 aromatic heterocycles. The molecule has 4 heteroatoms. The van der Waals surface area contributed by atoms with Gasteiger partial charge in [-0.1, -0.05) is 19.9 Å². The van der Waals surface area contributed by atoms with Gasteiger partial charge in [0.1, 0.15) is 0 Å². The van der Waals surface area contributed by atoms with Crippen LogP contribution in [0, 0.1) is 17.6 Å². The van der Waals surface area contributed by atoms with Crippen LogP contribution in [0.25, 0.3) is 0 Å². The Hall–Kier alpha value is -1.00. The van der Waals surface area contributed by atoms with E-state index in [9.17, 15) is 8.78 Å². The number of rotatable bonds is 5. The second kappa shape index (κ2) is 5.55. The highest BCUT2D eigenvalue weighted by atomic mass is 19.2. The highest BCUT2D eigenvalue weighted by Crippen LogP contribution is 2.26. The average Bonchev–Trinajstić information content (AvgIpc) is 2.30. The van der Waals surface area contributed by atoms with Crippen LogP contribution < -0.4 is 11.1 Å². The van der Waals surface area contributed by atoms with Crippen molar-refractivity contribution in [3.8, 4) is 0 Å². The summed E-state index contributed by atoms with van der Waals surface area (Å²) in [6.07, 6.45) is 2.16. The molecule has 0 aliphatic heterocycles. The summed E-state index contributed by atoms with van der Waals surface area (Å²) in [5.74, 6) is -0.915. The summed E-state index contributed by atoms with van der Waals surface area (Å²) >= 11 is 0. The fourth-order valence-corrected chi connectivity index (χ4v) is 2.56. The molecule has 2 rings (SSSR count). The van der Waals surface area contributed by atoms with Crippen LogP contribution in [0.15, 0.2) is 18.2 Å². The maximum atomic E-state index is 13.3. The highest BCUT2D eigenvalue weighted by Gasteiger charge is 2.27. The van der Waals surface area contributed by atoms with Crippen molar-refractivity contribution < 1.29 is 8.78 Å². The lowest BCUT2D eigenvalue weighted by Gasteiger charge is -2.34. The van der Waals surface area contributed by atoms with Crippen molar-refractivity contribution in [2.75, 3.05) is 13.1 Å². The molecular formula is C15H22F2N2. The van der Waals surface area contributed by atoms with Crippen LogP contribution in [0.3, 0.4) is 0 Å². The average molecular weight is 268 g/mol. The fraction of sp³-hybridized carbons (Fsp3) is 0.600. The molecule has 19 heavy (non-hydrogen) atoms. The first-order valence-corrected chi connectivity index (χ1v) is 6.80. The maximum Gasteiger partial charge on any atom is 0.159 e. The standard InChI is InChI=1S/C15H22F2N2/c1-15(2,9-19-8-10-5-12(18)6-10)11-3-4-13(16)14(17)7-11/h3-4,7,10,12,19H,5-6,8-9,18H2,1-2H3. The largest absolute Gasteiger partial charge is 0.328 e. The molecule has 0 amide bonds. The Kier molecular flexibility index (Phi) is 4.21. The lowest BCUT2D eigenvalue weighted by molar-refractivity contribution is 0.251. The first-order valence-electron chi connectivity index (χ1n) is 6.80. The topological polar surface area (TPSA) is 38.0 Å².